The van der Waals surface area contributed by atoms with E-state index in [9.17, 15) is 4.79 Å². The lowest BCUT2D eigenvalue weighted by atomic mass is 10.3. The van der Waals surface area contributed by atoms with Crippen molar-refractivity contribution in [3.05, 3.63) is 34.2 Å². The summed E-state index contributed by atoms with van der Waals surface area (Å²) in [6.45, 7) is 2.97. The molecule has 5 nitrogen and oxygen atoms in total. The second-order valence-electron chi connectivity index (χ2n) is 4.64. The van der Waals surface area contributed by atoms with Crippen LogP contribution in [0.3, 0.4) is 0 Å². The summed E-state index contributed by atoms with van der Waals surface area (Å²) in [4.78, 5) is 18.3. The van der Waals surface area contributed by atoms with Gasteiger partial charge in [0.15, 0.2) is 5.96 Å². The van der Waals surface area contributed by atoms with E-state index in [-0.39, 0.29) is 5.56 Å². The number of hydrogen-bond donors (Lipinski definition) is 1. The third-order valence-electron chi connectivity index (χ3n) is 3.31. The molecule has 0 bridgehead atoms. The molecule has 1 aromatic rings. The molecule has 2 N–H and O–H groups in total. The molecule has 1 fully saturated rings. The van der Waals surface area contributed by atoms with Crippen molar-refractivity contribution in [2.24, 2.45) is 10.7 Å². The summed E-state index contributed by atoms with van der Waals surface area (Å²) in [5.41, 5.74) is 6.60. The van der Waals surface area contributed by atoms with Crippen molar-refractivity contribution in [2.75, 3.05) is 7.05 Å². The Bertz CT molecular complexity index is 502. The minimum Gasteiger partial charge on any atom is -0.370 e. The molecule has 1 saturated carbocycles. The van der Waals surface area contributed by atoms with Gasteiger partial charge >= 0.3 is 0 Å². The summed E-state index contributed by atoms with van der Waals surface area (Å²) >= 11 is 0. The smallest absolute Gasteiger partial charge is 0.255 e. The summed E-state index contributed by atoms with van der Waals surface area (Å²) in [5.74, 6) is 0.517. The fourth-order valence-corrected chi connectivity index (χ4v) is 1.88. The predicted molar refractivity (Wildman–Crippen MR) is 72.5 cm³/mol. The number of nitrogens with two attached hydrogens (primary N) is 1. The van der Waals surface area contributed by atoms with Gasteiger partial charge in [-0.25, -0.2) is 4.99 Å². The lowest BCUT2D eigenvalue weighted by Gasteiger charge is -2.16. The highest BCUT2D eigenvalue weighted by atomic mass is 16.1. The minimum atomic E-state index is 0.0191. The van der Waals surface area contributed by atoms with Crippen LogP contribution in [0.4, 0.5) is 0 Å². The van der Waals surface area contributed by atoms with E-state index in [1.165, 1.54) is 12.8 Å². The minimum absolute atomic E-state index is 0.0191. The molecule has 1 aromatic heterocycles. The molecular formula is C13H20N4O. The summed E-state index contributed by atoms with van der Waals surface area (Å²) in [6, 6.07) is 4.22. The third kappa shape index (κ3) is 2.72. The molecule has 0 amide bonds. The first-order chi connectivity index (χ1) is 8.63. The molecule has 0 aromatic carbocycles. The zero-order chi connectivity index (χ0) is 13.1. The Labute approximate surface area is 107 Å². The van der Waals surface area contributed by atoms with Crippen molar-refractivity contribution >= 4 is 5.96 Å². The van der Waals surface area contributed by atoms with E-state index >= 15 is 0 Å². The van der Waals surface area contributed by atoms with Gasteiger partial charge in [-0.05, 0) is 25.8 Å². The van der Waals surface area contributed by atoms with E-state index in [0.29, 0.717) is 30.7 Å². The van der Waals surface area contributed by atoms with Crippen molar-refractivity contribution in [3.63, 3.8) is 0 Å². The van der Waals surface area contributed by atoms with Crippen molar-refractivity contribution < 1.29 is 0 Å². The lowest BCUT2D eigenvalue weighted by Crippen LogP contribution is -2.35. The molecule has 18 heavy (non-hydrogen) atoms. The molecule has 5 heteroatoms. The summed E-state index contributed by atoms with van der Waals surface area (Å²) in [6.07, 6.45) is 4.15. The highest BCUT2D eigenvalue weighted by Crippen LogP contribution is 2.24. The standard InChI is InChI=1S/C13H20N4O/c1-3-17-8-4-5-10(12(17)18)9-15-13(14)16(2)11-6-7-11/h4-5,8,11H,3,6-7,9H2,1-2H3,(H2,14,15). The SMILES string of the molecule is CCn1cccc(CN=C(N)N(C)C2CC2)c1=O. The number of pyridine rings is 1. The number of guanidine groups is 1. The molecule has 0 atom stereocenters. The van der Waals surface area contributed by atoms with Gasteiger partial charge in [0.05, 0.1) is 6.54 Å². The fraction of sp³-hybridized carbons (Fsp3) is 0.538. The Hall–Kier alpha value is -1.78. The Morgan fingerprint density at radius 1 is 1.61 bits per heavy atom. The van der Waals surface area contributed by atoms with Gasteiger partial charge in [-0.1, -0.05) is 6.07 Å². The Kier molecular flexibility index (Phi) is 3.69. The number of aromatic nitrogens is 1. The van der Waals surface area contributed by atoms with E-state index in [0.717, 1.165) is 0 Å². The average Bonchev–Trinajstić information content (AvgIpc) is 3.20. The van der Waals surface area contributed by atoms with E-state index in [4.69, 9.17) is 5.73 Å². The van der Waals surface area contributed by atoms with E-state index in [1.807, 2.05) is 31.0 Å². The lowest BCUT2D eigenvalue weighted by molar-refractivity contribution is 0.487. The Balaban J connectivity index is 2.09. The van der Waals surface area contributed by atoms with Crippen LogP contribution < -0.4 is 11.3 Å². The Morgan fingerprint density at radius 2 is 2.33 bits per heavy atom. The first kappa shape index (κ1) is 12.7. The maximum Gasteiger partial charge on any atom is 0.255 e. The highest BCUT2D eigenvalue weighted by molar-refractivity contribution is 5.78. The molecule has 0 radical (unpaired) electrons. The predicted octanol–water partition coefficient (Wildman–Crippen LogP) is 0.777. The van der Waals surface area contributed by atoms with Gasteiger partial charge in [-0.15, -0.1) is 0 Å². The van der Waals surface area contributed by atoms with Gasteiger partial charge in [0, 0.05) is 31.4 Å². The normalized spacial score (nSPS) is 15.8. The molecule has 1 aliphatic carbocycles. The van der Waals surface area contributed by atoms with Crippen LogP contribution in [0.2, 0.25) is 0 Å². The maximum atomic E-state index is 12.0. The number of hydrogen-bond acceptors (Lipinski definition) is 2. The largest absolute Gasteiger partial charge is 0.370 e. The molecule has 1 aliphatic rings. The zero-order valence-electron chi connectivity index (χ0n) is 11.0. The molecule has 1 heterocycles. The molecule has 0 saturated heterocycles. The molecule has 98 valence electrons. The quantitative estimate of drug-likeness (QED) is 0.632. The van der Waals surface area contributed by atoms with Crippen molar-refractivity contribution in [1.29, 1.82) is 0 Å². The van der Waals surface area contributed by atoms with E-state index < -0.39 is 0 Å². The monoisotopic (exact) mass is 248 g/mol. The number of rotatable bonds is 4. The second-order valence-corrected chi connectivity index (χ2v) is 4.64. The summed E-state index contributed by atoms with van der Waals surface area (Å²) < 4.78 is 1.67. The van der Waals surface area contributed by atoms with Crippen LogP contribution in [-0.4, -0.2) is 28.5 Å². The summed E-state index contributed by atoms with van der Waals surface area (Å²) in [7, 11) is 1.95. The molecule has 0 spiro atoms. The van der Waals surface area contributed by atoms with Gasteiger partial charge in [0.1, 0.15) is 0 Å². The van der Waals surface area contributed by atoms with Crippen molar-refractivity contribution in [1.82, 2.24) is 9.47 Å². The van der Waals surface area contributed by atoms with Crippen LogP contribution in [0, 0.1) is 0 Å². The Morgan fingerprint density at radius 3 is 2.94 bits per heavy atom. The van der Waals surface area contributed by atoms with Crippen LogP contribution in [0.25, 0.3) is 0 Å². The van der Waals surface area contributed by atoms with Gasteiger partial charge in [-0.3, -0.25) is 4.79 Å². The van der Waals surface area contributed by atoms with Crippen LogP contribution in [-0.2, 0) is 13.1 Å². The van der Waals surface area contributed by atoms with E-state index in [1.54, 1.807) is 10.8 Å². The van der Waals surface area contributed by atoms with Crippen molar-refractivity contribution in [2.45, 2.75) is 38.9 Å². The highest BCUT2D eigenvalue weighted by Gasteiger charge is 2.27. The average molecular weight is 248 g/mol. The fourth-order valence-electron chi connectivity index (χ4n) is 1.88. The number of nitrogens with zero attached hydrogens (tertiary/aromatic N) is 3. The molecule has 0 aliphatic heterocycles. The van der Waals surface area contributed by atoms with Crippen LogP contribution in [0.1, 0.15) is 25.3 Å². The topological polar surface area (TPSA) is 63.6 Å². The first-order valence-electron chi connectivity index (χ1n) is 6.34. The summed E-state index contributed by atoms with van der Waals surface area (Å²) in [5, 5.41) is 0. The zero-order valence-corrected chi connectivity index (χ0v) is 11.0. The van der Waals surface area contributed by atoms with Gasteiger partial charge < -0.3 is 15.2 Å². The van der Waals surface area contributed by atoms with Crippen molar-refractivity contribution in [3.8, 4) is 0 Å². The third-order valence-corrected chi connectivity index (χ3v) is 3.31. The van der Waals surface area contributed by atoms with Crippen LogP contribution in [0.5, 0.6) is 0 Å². The van der Waals surface area contributed by atoms with Gasteiger partial charge in [0.25, 0.3) is 5.56 Å². The number of aliphatic imine (C=N–C) groups is 1. The molecule has 2 rings (SSSR count). The molecule has 0 unspecified atom stereocenters. The van der Waals surface area contributed by atoms with Gasteiger partial charge in [-0.2, -0.15) is 0 Å². The first-order valence-corrected chi connectivity index (χ1v) is 6.34. The maximum absolute atomic E-state index is 12.0. The number of aryl methyl sites for hydroxylation is 1. The van der Waals surface area contributed by atoms with E-state index in [2.05, 4.69) is 4.99 Å². The molecular weight excluding hydrogens is 228 g/mol. The second kappa shape index (κ2) is 5.25. The van der Waals surface area contributed by atoms with Crippen LogP contribution >= 0.6 is 0 Å². The van der Waals surface area contributed by atoms with Gasteiger partial charge in [0.2, 0.25) is 0 Å². The van der Waals surface area contributed by atoms with Crippen LogP contribution in [0.15, 0.2) is 28.1 Å².